The minimum absolute atomic E-state index is 0.452. The SMILES string of the molecule is Cc1cc(NC(C)(C)C(C)O)n2ncnc2n1. The van der Waals surface area contributed by atoms with Crippen LogP contribution in [0.15, 0.2) is 12.4 Å². The Labute approximate surface area is 99.7 Å². The van der Waals surface area contributed by atoms with Gasteiger partial charge in [-0.3, -0.25) is 0 Å². The predicted molar refractivity (Wildman–Crippen MR) is 64.9 cm³/mol. The summed E-state index contributed by atoms with van der Waals surface area (Å²) < 4.78 is 1.62. The molecule has 6 heteroatoms. The van der Waals surface area contributed by atoms with E-state index in [0.29, 0.717) is 5.78 Å². The zero-order valence-electron chi connectivity index (χ0n) is 10.5. The molecule has 1 unspecified atom stereocenters. The number of aryl methyl sites for hydroxylation is 1. The fourth-order valence-electron chi connectivity index (χ4n) is 1.45. The van der Waals surface area contributed by atoms with Crippen molar-refractivity contribution >= 4 is 11.6 Å². The van der Waals surface area contributed by atoms with Crippen LogP contribution < -0.4 is 5.32 Å². The van der Waals surface area contributed by atoms with Gasteiger partial charge in [0.15, 0.2) is 0 Å². The molecule has 0 radical (unpaired) electrons. The van der Waals surface area contributed by atoms with Crippen LogP contribution in [0.2, 0.25) is 0 Å². The Morgan fingerprint density at radius 3 is 2.82 bits per heavy atom. The molecule has 0 amide bonds. The molecule has 2 N–H and O–H groups in total. The van der Waals surface area contributed by atoms with E-state index < -0.39 is 11.6 Å². The van der Waals surface area contributed by atoms with Gasteiger partial charge in [-0.2, -0.15) is 14.6 Å². The highest BCUT2D eigenvalue weighted by molar-refractivity contribution is 5.46. The molecule has 0 aromatic carbocycles. The molecule has 0 saturated carbocycles. The lowest BCUT2D eigenvalue weighted by molar-refractivity contribution is 0.133. The quantitative estimate of drug-likeness (QED) is 0.830. The summed E-state index contributed by atoms with van der Waals surface area (Å²) >= 11 is 0. The molecule has 1 atom stereocenters. The van der Waals surface area contributed by atoms with Crippen LogP contribution in [0.4, 0.5) is 5.82 Å². The summed E-state index contributed by atoms with van der Waals surface area (Å²) in [5, 5.41) is 17.1. The summed E-state index contributed by atoms with van der Waals surface area (Å²) in [4.78, 5) is 8.31. The minimum atomic E-state index is -0.491. The van der Waals surface area contributed by atoms with Gasteiger partial charge < -0.3 is 10.4 Å². The molecule has 0 bridgehead atoms. The van der Waals surface area contributed by atoms with Crippen LogP contribution in [-0.2, 0) is 0 Å². The Morgan fingerprint density at radius 2 is 2.18 bits per heavy atom. The number of hydrogen-bond acceptors (Lipinski definition) is 5. The van der Waals surface area contributed by atoms with Crippen molar-refractivity contribution in [2.75, 3.05) is 5.32 Å². The van der Waals surface area contributed by atoms with Crippen LogP contribution in [0.1, 0.15) is 26.5 Å². The summed E-state index contributed by atoms with van der Waals surface area (Å²) in [5.74, 6) is 1.32. The smallest absolute Gasteiger partial charge is 0.254 e. The predicted octanol–water partition coefficient (Wildman–Crippen LogP) is 1.00. The average Bonchev–Trinajstić information content (AvgIpc) is 2.64. The van der Waals surface area contributed by atoms with Crippen LogP contribution in [0.5, 0.6) is 0 Å². The van der Waals surface area contributed by atoms with Crippen molar-refractivity contribution in [2.45, 2.75) is 39.3 Å². The molecule has 2 aromatic rings. The van der Waals surface area contributed by atoms with Crippen LogP contribution >= 0.6 is 0 Å². The molecule has 2 heterocycles. The van der Waals surface area contributed by atoms with Gasteiger partial charge >= 0.3 is 0 Å². The molecule has 0 aliphatic heterocycles. The second-order valence-electron chi connectivity index (χ2n) is 4.78. The number of nitrogens with one attached hydrogen (secondary N) is 1. The van der Waals surface area contributed by atoms with Crippen molar-refractivity contribution in [2.24, 2.45) is 0 Å². The highest BCUT2D eigenvalue weighted by Crippen LogP contribution is 2.18. The van der Waals surface area contributed by atoms with Crippen LogP contribution in [0.3, 0.4) is 0 Å². The number of aromatic nitrogens is 4. The van der Waals surface area contributed by atoms with Gasteiger partial charge in [0.25, 0.3) is 5.78 Å². The zero-order chi connectivity index (χ0) is 12.6. The molecule has 2 aromatic heterocycles. The van der Waals surface area contributed by atoms with E-state index in [1.807, 2.05) is 26.8 Å². The number of nitrogens with zero attached hydrogens (tertiary/aromatic N) is 4. The second-order valence-corrected chi connectivity index (χ2v) is 4.78. The molecule has 2 rings (SSSR count). The molecular formula is C11H17N5O. The first kappa shape index (κ1) is 11.8. The van der Waals surface area contributed by atoms with Gasteiger partial charge in [-0.05, 0) is 27.7 Å². The normalized spacial score (nSPS) is 13.9. The van der Waals surface area contributed by atoms with Gasteiger partial charge in [0.05, 0.1) is 11.6 Å². The Bertz CT molecular complexity index is 532. The van der Waals surface area contributed by atoms with Crippen molar-refractivity contribution in [3.8, 4) is 0 Å². The summed E-state index contributed by atoms with van der Waals surface area (Å²) in [7, 11) is 0. The molecular weight excluding hydrogens is 218 g/mol. The van der Waals surface area contributed by atoms with E-state index in [1.54, 1.807) is 11.4 Å². The minimum Gasteiger partial charge on any atom is -0.391 e. The lowest BCUT2D eigenvalue weighted by Gasteiger charge is -2.30. The topological polar surface area (TPSA) is 75.3 Å². The van der Waals surface area contributed by atoms with Gasteiger partial charge in [0.1, 0.15) is 12.1 Å². The Balaban J connectivity index is 2.45. The van der Waals surface area contributed by atoms with E-state index in [4.69, 9.17) is 0 Å². The first-order valence-electron chi connectivity index (χ1n) is 5.54. The number of aliphatic hydroxyl groups is 1. The van der Waals surface area contributed by atoms with Gasteiger partial charge in [-0.15, -0.1) is 0 Å². The number of hydrogen-bond donors (Lipinski definition) is 2. The summed E-state index contributed by atoms with van der Waals surface area (Å²) in [6, 6.07) is 1.88. The molecule has 0 saturated heterocycles. The molecule has 6 nitrogen and oxygen atoms in total. The van der Waals surface area contributed by atoms with Gasteiger partial charge in [0, 0.05) is 11.8 Å². The number of anilines is 1. The van der Waals surface area contributed by atoms with E-state index in [2.05, 4.69) is 20.4 Å². The van der Waals surface area contributed by atoms with Crippen molar-refractivity contribution < 1.29 is 5.11 Å². The molecule has 0 spiro atoms. The average molecular weight is 235 g/mol. The molecule has 0 fully saturated rings. The monoisotopic (exact) mass is 235 g/mol. The van der Waals surface area contributed by atoms with Crippen LogP contribution in [0, 0.1) is 6.92 Å². The van der Waals surface area contributed by atoms with Gasteiger partial charge in [-0.1, -0.05) is 0 Å². The fraction of sp³-hybridized carbons (Fsp3) is 0.545. The van der Waals surface area contributed by atoms with E-state index in [1.165, 1.54) is 6.33 Å². The lowest BCUT2D eigenvalue weighted by Crippen LogP contribution is -2.42. The molecule has 17 heavy (non-hydrogen) atoms. The van der Waals surface area contributed by atoms with E-state index in [9.17, 15) is 5.11 Å². The maximum Gasteiger partial charge on any atom is 0.254 e. The van der Waals surface area contributed by atoms with Gasteiger partial charge in [0.2, 0.25) is 0 Å². The number of fused-ring (bicyclic) bond motifs is 1. The summed E-state index contributed by atoms with van der Waals surface area (Å²) in [6.45, 7) is 7.50. The first-order chi connectivity index (χ1) is 7.90. The maximum absolute atomic E-state index is 9.71. The third-order valence-corrected chi connectivity index (χ3v) is 2.87. The maximum atomic E-state index is 9.71. The third kappa shape index (κ3) is 2.21. The molecule has 92 valence electrons. The van der Waals surface area contributed by atoms with E-state index in [0.717, 1.165) is 11.5 Å². The summed E-state index contributed by atoms with van der Waals surface area (Å²) in [6.07, 6.45) is 0.969. The second kappa shape index (κ2) is 3.96. The largest absolute Gasteiger partial charge is 0.391 e. The van der Waals surface area contributed by atoms with Gasteiger partial charge in [-0.25, -0.2) is 4.98 Å². The number of rotatable bonds is 3. The van der Waals surface area contributed by atoms with Crippen molar-refractivity contribution in [1.29, 1.82) is 0 Å². The van der Waals surface area contributed by atoms with Crippen molar-refractivity contribution in [1.82, 2.24) is 19.6 Å². The van der Waals surface area contributed by atoms with Crippen LogP contribution in [-0.4, -0.2) is 36.3 Å². The van der Waals surface area contributed by atoms with Crippen LogP contribution in [0.25, 0.3) is 5.78 Å². The molecule has 0 aliphatic carbocycles. The van der Waals surface area contributed by atoms with E-state index >= 15 is 0 Å². The number of aliphatic hydroxyl groups excluding tert-OH is 1. The van der Waals surface area contributed by atoms with Crippen molar-refractivity contribution in [3.05, 3.63) is 18.1 Å². The van der Waals surface area contributed by atoms with Crippen molar-refractivity contribution in [3.63, 3.8) is 0 Å². The Hall–Kier alpha value is -1.69. The highest BCUT2D eigenvalue weighted by atomic mass is 16.3. The third-order valence-electron chi connectivity index (χ3n) is 2.87. The lowest BCUT2D eigenvalue weighted by atomic mass is 9.99. The fourth-order valence-corrected chi connectivity index (χ4v) is 1.45. The Morgan fingerprint density at radius 1 is 1.47 bits per heavy atom. The zero-order valence-corrected chi connectivity index (χ0v) is 10.5. The standard InChI is InChI=1S/C11H17N5O/c1-7-5-9(15-11(3,4)8(2)17)16-10(14-7)12-6-13-16/h5-6,8,15,17H,1-4H3. The summed E-state index contributed by atoms with van der Waals surface area (Å²) in [5.41, 5.74) is 0.404. The first-order valence-corrected chi connectivity index (χ1v) is 5.54. The Kier molecular flexibility index (Phi) is 2.74. The highest BCUT2D eigenvalue weighted by Gasteiger charge is 2.25. The van der Waals surface area contributed by atoms with E-state index in [-0.39, 0.29) is 0 Å². The molecule has 0 aliphatic rings.